The lowest BCUT2D eigenvalue weighted by Gasteiger charge is -1.97. The second-order valence-electron chi connectivity index (χ2n) is 1.69. The molecule has 0 atom stereocenters. The minimum atomic E-state index is -2.61. The molecule has 0 aliphatic carbocycles. The van der Waals surface area contributed by atoms with Crippen molar-refractivity contribution < 1.29 is 8.91 Å². The van der Waals surface area contributed by atoms with E-state index in [9.17, 15) is 4.79 Å². The van der Waals surface area contributed by atoms with Gasteiger partial charge in [-0.1, -0.05) is 0 Å². The summed E-state index contributed by atoms with van der Waals surface area (Å²) in [7, 11) is 0. The Morgan fingerprint density at radius 2 is 2.40 bits per heavy atom. The quantitative estimate of drug-likeness (QED) is 0.631. The number of carbonyl (C=O) groups excluding carboxylic acids is 1. The van der Waals surface area contributed by atoms with Crippen LogP contribution in [0.3, 0.4) is 0 Å². The lowest BCUT2D eigenvalue weighted by atomic mass is 10.4. The lowest BCUT2D eigenvalue weighted by Crippen LogP contribution is -2.05. The Kier molecular flexibility index (Phi) is 1.10. The minimum Gasteiger partial charge on any atom is -0.326 e. The number of anilines is 1. The molecule has 0 aliphatic heterocycles. The molecule has 0 bridgehead atoms. The van der Waals surface area contributed by atoms with Gasteiger partial charge in [0.2, 0.25) is 5.91 Å². The number of hydrogen-bond donors (Lipinski definition) is 1. The van der Waals surface area contributed by atoms with Crippen molar-refractivity contribution in [3.63, 3.8) is 0 Å². The van der Waals surface area contributed by atoms with E-state index in [1.54, 1.807) is 0 Å². The molecule has 0 unspecified atom stereocenters. The van der Waals surface area contributed by atoms with Crippen LogP contribution in [-0.4, -0.2) is 10.9 Å². The maximum atomic E-state index is 10.9. The van der Waals surface area contributed by atoms with Crippen molar-refractivity contribution in [2.24, 2.45) is 0 Å². The average Bonchev–Trinajstić information content (AvgIpc) is 2.04. The first kappa shape index (κ1) is 3.71. The summed E-state index contributed by atoms with van der Waals surface area (Å²) < 4.78 is 20.4. The first-order chi connectivity index (χ1) is 6.00. The first-order valence-electron chi connectivity index (χ1n) is 4.21. The Morgan fingerprint density at radius 3 is 3.00 bits per heavy atom. The van der Waals surface area contributed by atoms with Crippen molar-refractivity contribution in [1.82, 2.24) is 4.98 Å². The summed E-state index contributed by atoms with van der Waals surface area (Å²) >= 11 is 0. The fraction of sp³-hybridized carbons (Fsp3) is 0.143. The fourth-order valence-electron chi connectivity index (χ4n) is 0.566. The van der Waals surface area contributed by atoms with E-state index in [-0.39, 0.29) is 0 Å². The Labute approximate surface area is 63.3 Å². The van der Waals surface area contributed by atoms with E-state index in [1.165, 1.54) is 24.5 Å². The molecule has 1 aromatic rings. The molecular formula is C7H8N2O. The zero-order valence-electron chi connectivity index (χ0n) is 8.16. The van der Waals surface area contributed by atoms with Crippen LogP contribution in [0.4, 0.5) is 5.69 Å². The third kappa shape index (κ3) is 1.85. The van der Waals surface area contributed by atoms with Crippen LogP contribution in [0.1, 0.15) is 11.0 Å². The molecule has 0 saturated heterocycles. The predicted molar refractivity (Wildman–Crippen MR) is 38.5 cm³/mol. The van der Waals surface area contributed by atoms with E-state index >= 15 is 0 Å². The van der Waals surface area contributed by atoms with Gasteiger partial charge in [0, 0.05) is 29.0 Å². The average molecular weight is 139 g/mol. The topological polar surface area (TPSA) is 42.0 Å². The van der Waals surface area contributed by atoms with Crippen LogP contribution in [0, 0.1) is 0 Å². The monoisotopic (exact) mass is 139 g/mol. The number of aromatic nitrogens is 1. The van der Waals surface area contributed by atoms with E-state index < -0.39 is 12.8 Å². The normalized spacial score (nSPS) is 14.6. The second-order valence-corrected chi connectivity index (χ2v) is 1.69. The molecule has 0 saturated carbocycles. The van der Waals surface area contributed by atoms with Gasteiger partial charge >= 0.3 is 0 Å². The van der Waals surface area contributed by atoms with Crippen molar-refractivity contribution in [2.45, 2.75) is 6.85 Å². The number of amides is 1. The molecule has 52 valence electrons. The third-order valence-electron chi connectivity index (χ3n) is 0.938. The molecular weight excluding hydrogens is 128 g/mol. The zero-order chi connectivity index (χ0) is 9.90. The van der Waals surface area contributed by atoms with Gasteiger partial charge in [0.05, 0.1) is 0 Å². The standard InChI is InChI=1S/C7H8N2O/c1-6(10)9-7-2-4-8-5-3-7/h2-5H,1H3,(H,8,9,10)/i1D3. The summed E-state index contributed by atoms with van der Waals surface area (Å²) in [6.07, 6.45) is 2.93. The molecule has 1 aromatic heterocycles. The van der Waals surface area contributed by atoms with Gasteiger partial charge in [-0.15, -0.1) is 0 Å². The number of nitrogens with one attached hydrogen (secondary N) is 1. The maximum Gasteiger partial charge on any atom is 0.221 e. The van der Waals surface area contributed by atoms with Crippen LogP contribution < -0.4 is 5.32 Å². The Bertz CT molecular complexity index is 296. The number of nitrogens with zero attached hydrogens (tertiary/aromatic N) is 1. The van der Waals surface area contributed by atoms with Crippen LogP contribution in [0.5, 0.6) is 0 Å². The zero-order valence-corrected chi connectivity index (χ0v) is 5.16. The Morgan fingerprint density at radius 1 is 1.70 bits per heavy atom. The fourth-order valence-corrected chi connectivity index (χ4v) is 0.566. The lowest BCUT2D eigenvalue weighted by molar-refractivity contribution is -0.114. The number of hydrogen-bond acceptors (Lipinski definition) is 2. The SMILES string of the molecule is [2H]C([2H])([2H])C(=O)Nc1ccncc1. The largest absolute Gasteiger partial charge is 0.326 e. The number of rotatable bonds is 1. The molecule has 1 rings (SSSR count). The van der Waals surface area contributed by atoms with E-state index in [2.05, 4.69) is 10.3 Å². The molecule has 10 heavy (non-hydrogen) atoms. The highest BCUT2D eigenvalue weighted by Gasteiger charge is 1.90. The van der Waals surface area contributed by atoms with Crippen molar-refractivity contribution in [3.8, 4) is 0 Å². The van der Waals surface area contributed by atoms with Gasteiger partial charge in [0.1, 0.15) is 0 Å². The highest BCUT2D eigenvalue weighted by Crippen LogP contribution is 2.01. The maximum absolute atomic E-state index is 10.9. The minimum absolute atomic E-state index is 0.427. The van der Waals surface area contributed by atoms with Gasteiger partial charge < -0.3 is 5.32 Å². The molecule has 1 amide bonds. The van der Waals surface area contributed by atoms with Gasteiger partial charge in [-0.3, -0.25) is 9.78 Å². The van der Waals surface area contributed by atoms with Gasteiger partial charge in [-0.2, -0.15) is 0 Å². The molecule has 3 heteroatoms. The molecule has 0 aromatic carbocycles. The van der Waals surface area contributed by atoms with Crippen molar-refractivity contribution >= 4 is 11.6 Å². The number of pyridine rings is 1. The van der Waals surface area contributed by atoms with Crippen LogP contribution in [0.25, 0.3) is 0 Å². The summed E-state index contributed by atoms with van der Waals surface area (Å²) in [5.74, 6) is -0.987. The van der Waals surface area contributed by atoms with E-state index in [0.717, 1.165) is 0 Å². The summed E-state index contributed by atoms with van der Waals surface area (Å²) in [6.45, 7) is -2.61. The van der Waals surface area contributed by atoms with E-state index in [4.69, 9.17) is 4.11 Å². The van der Waals surface area contributed by atoms with Crippen molar-refractivity contribution in [3.05, 3.63) is 24.5 Å². The second kappa shape index (κ2) is 2.96. The highest BCUT2D eigenvalue weighted by molar-refractivity contribution is 5.88. The van der Waals surface area contributed by atoms with Crippen LogP contribution in [-0.2, 0) is 4.79 Å². The molecule has 1 N–H and O–H groups in total. The van der Waals surface area contributed by atoms with Gasteiger partial charge in [0.15, 0.2) is 0 Å². The molecule has 0 aliphatic rings. The molecule has 1 heterocycles. The highest BCUT2D eigenvalue weighted by atomic mass is 16.1. The Balaban J connectivity index is 2.66. The molecule has 0 fully saturated rings. The van der Waals surface area contributed by atoms with Crippen LogP contribution >= 0.6 is 0 Å². The van der Waals surface area contributed by atoms with Crippen LogP contribution in [0.15, 0.2) is 24.5 Å². The summed E-state index contributed by atoms with van der Waals surface area (Å²) in [6, 6.07) is 3.04. The molecule has 0 radical (unpaired) electrons. The summed E-state index contributed by atoms with van der Waals surface area (Å²) in [4.78, 5) is 14.7. The van der Waals surface area contributed by atoms with Crippen molar-refractivity contribution in [1.29, 1.82) is 0 Å². The third-order valence-corrected chi connectivity index (χ3v) is 0.938. The van der Waals surface area contributed by atoms with E-state index in [0.29, 0.717) is 5.69 Å². The molecule has 3 nitrogen and oxygen atoms in total. The predicted octanol–water partition coefficient (Wildman–Crippen LogP) is 1.04. The van der Waals surface area contributed by atoms with Crippen molar-refractivity contribution in [2.75, 3.05) is 5.32 Å². The summed E-state index contributed by atoms with van der Waals surface area (Å²) in [5.41, 5.74) is 0.427. The van der Waals surface area contributed by atoms with Gasteiger partial charge in [-0.05, 0) is 12.1 Å². The Hall–Kier alpha value is -1.38. The summed E-state index contributed by atoms with van der Waals surface area (Å²) in [5, 5.41) is 2.24. The smallest absolute Gasteiger partial charge is 0.221 e. The first-order valence-corrected chi connectivity index (χ1v) is 2.71. The number of carbonyl (C=O) groups is 1. The molecule has 0 spiro atoms. The van der Waals surface area contributed by atoms with Crippen LogP contribution in [0.2, 0.25) is 0 Å². The van der Waals surface area contributed by atoms with Gasteiger partial charge in [-0.25, -0.2) is 0 Å². The van der Waals surface area contributed by atoms with E-state index in [1.807, 2.05) is 0 Å². The van der Waals surface area contributed by atoms with Gasteiger partial charge in [0.25, 0.3) is 0 Å².